The summed E-state index contributed by atoms with van der Waals surface area (Å²) in [4.78, 5) is 0. The molecule has 1 unspecified atom stereocenters. The molecule has 0 aromatic heterocycles. The third kappa shape index (κ3) is 2.85. The van der Waals surface area contributed by atoms with Crippen LogP contribution in [0.25, 0.3) is 0 Å². The molecule has 1 atom stereocenters. The second-order valence-corrected chi connectivity index (χ2v) is 8.65. The van der Waals surface area contributed by atoms with Crippen LogP contribution < -0.4 is 0 Å². The lowest BCUT2D eigenvalue weighted by molar-refractivity contribution is 0.357. The van der Waals surface area contributed by atoms with Crippen molar-refractivity contribution in [2.75, 3.05) is 0 Å². The number of hydrogen-bond donors (Lipinski definition) is 0. The van der Waals surface area contributed by atoms with Gasteiger partial charge in [-0.3, -0.25) is 0 Å². The molecule has 1 rings (SSSR count). The van der Waals surface area contributed by atoms with Gasteiger partial charge in [0.15, 0.2) is 0 Å². The van der Waals surface area contributed by atoms with Gasteiger partial charge in [-0.05, 0) is 39.0 Å². The highest BCUT2D eigenvalue weighted by atomic mass is 33.1. The molecule has 0 N–H and O–H groups in total. The van der Waals surface area contributed by atoms with Crippen molar-refractivity contribution < 1.29 is 0 Å². The Morgan fingerprint density at radius 3 is 2.14 bits per heavy atom. The van der Waals surface area contributed by atoms with E-state index in [1.807, 2.05) is 0 Å². The summed E-state index contributed by atoms with van der Waals surface area (Å²) in [5, 5.41) is 0. The van der Waals surface area contributed by atoms with E-state index < -0.39 is 0 Å². The van der Waals surface area contributed by atoms with Gasteiger partial charge in [-0.2, -0.15) is 0 Å². The van der Waals surface area contributed by atoms with E-state index in [4.69, 9.17) is 0 Å². The molecular formula is C12H24S2. The van der Waals surface area contributed by atoms with Crippen molar-refractivity contribution in [3.8, 4) is 0 Å². The first-order chi connectivity index (χ1) is 6.42. The highest BCUT2D eigenvalue weighted by molar-refractivity contribution is 8.77. The second-order valence-electron chi connectivity index (χ2n) is 5.40. The Labute approximate surface area is 97.4 Å². The first kappa shape index (κ1) is 12.8. The third-order valence-corrected chi connectivity index (χ3v) is 7.86. The zero-order chi connectivity index (χ0) is 10.8. The zero-order valence-corrected chi connectivity index (χ0v) is 11.9. The van der Waals surface area contributed by atoms with Crippen LogP contribution in [-0.2, 0) is 0 Å². The lowest BCUT2D eigenvalue weighted by Crippen LogP contribution is -2.37. The predicted octanol–water partition coefficient (Wildman–Crippen LogP) is 5.14. The molecule has 14 heavy (non-hydrogen) atoms. The first-order valence-electron chi connectivity index (χ1n) is 5.79. The van der Waals surface area contributed by atoms with Crippen molar-refractivity contribution in [2.24, 2.45) is 5.92 Å². The second kappa shape index (κ2) is 4.69. The van der Waals surface area contributed by atoms with Crippen LogP contribution >= 0.6 is 21.6 Å². The number of hydrogen-bond acceptors (Lipinski definition) is 2. The van der Waals surface area contributed by atoms with Gasteiger partial charge in [-0.15, -0.1) is 0 Å². The summed E-state index contributed by atoms with van der Waals surface area (Å²) in [6, 6.07) is 0. The summed E-state index contributed by atoms with van der Waals surface area (Å²) < 4.78 is 1.06. The van der Waals surface area contributed by atoms with Crippen LogP contribution in [0.1, 0.15) is 60.3 Å². The molecule has 0 nitrogen and oxygen atoms in total. The van der Waals surface area contributed by atoms with Gasteiger partial charge in [-0.25, -0.2) is 0 Å². The standard InChI is InChI=1S/C12H24S2/c1-6-7-12(10(2)3)9-8-11(4,5)13-14-12/h10H,6-9H2,1-5H3. The maximum absolute atomic E-state index is 2.39. The van der Waals surface area contributed by atoms with Crippen LogP contribution in [0.4, 0.5) is 0 Å². The molecule has 0 aromatic carbocycles. The van der Waals surface area contributed by atoms with Crippen molar-refractivity contribution in [3.63, 3.8) is 0 Å². The maximum Gasteiger partial charge on any atom is 0.0287 e. The predicted molar refractivity (Wildman–Crippen MR) is 71.0 cm³/mol. The van der Waals surface area contributed by atoms with Crippen molar-refractivity contribution >= 4 is 21.6 Å². The fourth-order valence-corrected chi connectivity index (χ4v) is 5.80. The van der Waals surface area contributed by atoms with E-state index >= 15 is 0 Å². The van der Waals surface area contributed by atoms with Crippen molar-refractivity contribution in [3.05, 3.63) is 0 Å². The molecule has 1 aliphatic rings. The largest absolute Gasteiger partial charge is 0.0873 e. The molecule has 0 saturated carbocycles. The Morgan fingerprint density at radius 2 is 1.79 bits per heavy atom. The van der Waals surface area contributed by atoms with Crippen LogP contribution in [0.3, 0.4) is 0 Å². The van der Waals surface area contributed by atoms with E-state index in [0.29, 0.717) is 9.49 Å². The quantitative estimate of drug-likeness (QED) is 0.618. The summed E-state index contributed by atoms with van der Waals surface area (Å²) >= 11 is 0. The molecule has 1 fully saturated rings. The molecule has 84 valence electrons. The van der Waals surface area contributed by atoms with Crippen molar-refractivity contribution in [1.29, 1.82) is 0 Å². The molecule has 0 radical (unpaired) electrons. The van der Waals surface area contributed by atoms with Crippen LogP contribution in [0.2, 0.25) is 0 Å². The van der Waals surface area contributed by atoms with Crippen LogP contribution in [-0.4, -0.2) is 9.49 Å². The van der Waals surface area contributed by atoms with Gasteiger partial charge >= 0.3 is 0 Å². The molecule has 1 aliphatic heterocycles. The van der Waals surface area contributed by atoms with E-state index in [1.54, 1.807) is 0 Å². The summed E-state index contributed by atoms with van der Waals surface area (Å²) in [5.74, 6) is 0.816. The first-order valence-corrected chi connectivity index (χ1v) is 7.94. The van der Waals surface area contributed by atoms with E-state index in [-0.39, 0.29) is 0 Å². The lowest BCUT2D eigenvalue weighted by atomic mass is 9.84. The van der Waals surface area contributed by atoms with Gasteiger partial charge in [0.25, 0.3) is 0 Å². The monoisotopic (exact) mass is 232 g/mol. The van der Waals surface area contributed by atoms with Gasteiger partial charge in [0, 0.05) is 9.49 Å². The van der Waals surface area contributed by atoms with Crippen LogP contribution in [0.15, 0.2) is 0 Å². The molecule has 1 heterocycles. The minimum absolute atomic E-state index is 0.497. The van der Waals surface area contributed by atoms with Gasteiger partial charge < -0.3 is 0 Å². The van der Waals surface area contributed by atoms with Gasteiger partial charge in [0.2, 0.25) is 0 Å². The molecular weight excluding hydrogens is 208 g/mol. The summed E-state index contributed by atoms with van der Waals surface area (Å²) in [5.41, 5.74) is 0. The fraction of sp³-hybridized carbons (Fsp3) is 1.00. The Balaban J connectivity index is 2.64. The van der Waals surface area contributed by atoms with E-state index in [2.05, 4.69) is 56.2 Å². The van der Waals surface area contributed by atoms with Crippen molar-refractivity contribution in [1.82, 2.24) is 0 Å². The summed E-state index contributed by atoms with van der Waals surface area (Å²) in [7, 11) is 4.28. The van der Waals surface area contributed by atoms with Crippen LogP contribution in [0, 0.1) is 5.92 Å². The van der Waals surface area contributed by atoms with Gasteiger partial charge in [0.1, 0.15) is 0 Å². The maximum atomic E-state index is 2.39. The molecule has 0 bridgehead atoms. The number of rotatable bonds is 3. The van der Waals surface area contributed by atoms with E-state index in [1.165, 1.54) is 25.7 Å². The van der Waals surface area contributed by atoms with E-state index in [9.17, 15) is 0 Å². The van der Waals surface area contributed by atoms with Crippen molar-refractivity contribution in [2.45, 2.75) is 69.8 Å². The third-order valence-electron chi connectivity index (χ3n) is 3.31. The average molecular weight is 232 g/mol. The minimum atomic E-state index is 0.497. The summed E-state index contributed by atoms with van der Waals surface area (Å²) in [6.07, 6.45) is 5.50. The topological polar surface area (TPSA) is 0 Å². The minimum Gasteiger partial charge on any atom is -0.0873 e. The molecule has 0 amide bonds. The van der Waals surface area contributed by atoms with E-state index in [0.717, 1.165) is 5.92 Å². The highest BCUT2D eigenvalue weighted by Gasteiger charge is 2.41. The van der Waals surface area contributed by atoms with Gasteiger partial charge in [-0.1, -0.05) is 48.8 Å². The summed E-state index contributed by atoms with van der Waals surface area (Å²) in [6.45, 7) is 11.8. The Hall–Kier alpha value is 0.700. The fourth-order valence-electron chi connectivity index (χ4n) is 2.06. The SMILES string of the molecule is CCCC1(C(C)C)CCC(C)(C)SS1. The highest BCUT2D eigenvalue weighted by Crippen LogP contribution is 2.57. The zero-order valence-electron chi connectivity index (χ0n) is 10.2. The normalized spacial score (nSPS) is 32.1. The smallest absolute Gasteiger partial charge is 0.0287 e. The Morgan fingerprint density at radius 1 is 1.14 bits per heavy atom. The van der Waals surface area contributed by atoms with Gasteiger partial charge in [0.05, 0.1) is 0 Å². The van der Waals surface area contributed by atoms with Crippen LogP contribution in [0.5, 0.6) is 0 Å². The lowest BCUT2D eigenvalue weighted by Gasteiger charge is -2.44. The molecule has 1 saturated heterocycles. The molecule has 0 aromatic rings. The molecule has 2 heteroatoms. The molecule has 0 spiro atoms. The molecule has 0 aliphatic carbocycles. The Kier molecular flexibility index (Phi) is 4.28. The Bertz CT molecular complexity index is 175. The average Bonchev–Trinajstić information content (AvgIpc) is 2.09.